The summed E-state index contributed by atoms with van der Waals surface area (Å²) in [5, 5.41) is 3.87. The van der Waals surface area contributed by atoms with Crippen LogP contribution in [0, 0.1) is 23.7 Å². The molecule has 0 aromatic carbocycles. The lowest BCUT2D eigenvalue weighted by Crippen LogP contribution is -2.31. The zero-order valence-corrected chi connectivity index (χ0v) is 13.2. The molecule has 1 aliphatic carbocycles. The predicted molar refractivity (Wildman–Crippen MR) is 83.8 cm³/mol. The van der Waals surface area contributed by atoms with Crippen LogP contribution in [0.2, 0.25) is 5.02 Å². The van der Waals surface area contributed by atoms with Crippen molar-refractivity contribution in [2.45, 2.75) is 52.5 Å². The van der Waals surface area contributed by atoms with E-state index < -0.39 is 0 Å². The maximum Gasteiger partial charge on any atom is 0.149 e. The summed E-state index contributed by atoms with van der Waals surface area (Å²) in [7, 11) is 0. The van der Waals surface area contributed by atoms with Gasteiger partial charge >= 0.3 is 0 Å². The zero-order valence-electron chi connectivity index (χ0n) is 12.4. The highest BCUT2D eigenvalue weighted by Crippen LogP contribution is 2.38. The molecule has 108 valence electrons. The summed E-state index contributed by atoms with van der Waals surface area (Å²) in [6.07, 6.45) is 11.6. The molecule has 1 aromatic rings. The Kier molecular flexibility index (Phi) is 4.55. The fourth-order valence-electron chi connectivity index (χ4n) is 2.87. The Labute approximate surface area is 126 Å². The van der Waals surface area contributed by atoms with Crippen LogP contribution >= 0.6 is 11.6 Å². The van der Waals surface area contributed by atoms with E-state index >= 15 is 0 Å². The lowest BCUT2D eigenvalue weighted by molar-refractivity contribution is 0.173. The van der Waals surface area contributed by atoms with Gasteiger partial charge in [0.2, 0.25) is 0 Å². The average molecular weight is 292 g/mol. The molecule has 0 unspecified atom stereocenters. The number of halogens is 1. The van der Waals surface area contributed by atoms with Gasteiger partial charge in [-0.15, -0.1) is 6.42 Å². The van der Waals surface area contributed by atoms with Crippen molar-refractivity contribution in [1.29, 1.82) is 0 Å². The monoisotopic (exact) mass is 291 g/mol. The summed E-state index contributed by atoms with van der Waals surface area (Å²) >= 11 is 6.20. The highest BCUT2D eigenvalue weighted by Gasteiger charge is 2.30. The Morgan fingerprint density at radius 3 is 2.45 bits per heavy atom. The maximum absolute atomic E-state index is 6.20. The largest absolute Gasteiger partial charge is 0.366 e. The lowest BCUT2D eigenvalue weighted by Gasteiger charge is -2.37. The summed E-state index contributed by atoms with van der Waals surface area (Å²) in [6, 6.07) is 0.423. The first-order valence-corrected chi connectivity index (χ1v) is 7.53. The first-order chi connectivity index (χ1) is 9.41. The summed E-state index contributed by atoms with van der Waals surface area (Å²) < 4.78 is 0. The van der Waals surface area contributed by atoms with Crippen molar-refractivity contribution in [1.82, 2.24) is 9.97 Å². The molecular formula is C16H22ClN3. The zero-order chi connectivity index (χ0) is 14.8. The van der Waals surface area contributed by atoms with Crippen LogP contribution in [0.15, 0.2) is 6.33 Å². The quantitative estimate of drug-likeness (QED) is 0.833. The van der Waals surface area contributed by atoms with Crippen molar-refractivity contribution < 1.29 is 0 Å². The predicted octanol–water partition coefficient (Wildman–Crippen LogP) is 4.13. The number of hydrogen-bond donors (Lipinski definition) is 1. The van der Waals surface area contributed by atoms with Crippen molar-refractivity contribution in [2.75, 3.05) is 5.32 Å². The van der Waals surface area contributed by atoms with Gasteiger partial charge in [0.1, 0.15) is 22.9 Å². The molecule has 1 N–H and O–H groups in total. The van der Waals surface area contributed by atoms with E-state index in [1.54, 1.807) is 0 Å². The third kappa shape index (κ3) is 3.43. The summed E-state index contributed by atoms with van der Waals surface area (Å²) in [5.74, 6) is 3.93. The minimum Gasteiger partial charge on any atom is -0.366 e. The van der Waals surface area contributed by atoms with E-state index in [9.17, 15) is 0 Å². The van der Waals surface area contributed by atoms with Crippen LogP contribution in [-0.4, -0.2) is 16.0 Å². The van der Waals surface area contributed by atoms with Crippen molar-refractivity contribution in [3.05, 3.63) is 17.0 Å². The standard InChI is InChI=1S/C16H22ClN3/c1-5-13-14(17)15(19-10-18-13)20-12-8-6-11(7-9-12)16(2,3)4/h1,10-12H,6-9H2,2-4H3,(H,18,19,20). The highest BCUT2D eigenvalue weighted by molar-refractivity contribution is 6.33. The van der Waals surface area contributed by atoms with Gasteiger partial charge in [0.25, 0.3) is 0 Å². The Hall–Kier alpha value is -1.27. The number of nitrogens with zero attached hydrogens (tertiary/aromatic N) is 2. The third-order valence-corrected chi connectivity index (χ3v) is 4.58. The molecular weight excluding hydrogens is 270 g/mol. The molecule has 2 rings (SSSR count). The molecule has 0 amide bonds. The fraction of sp³-hybridized carbons (Fsp3) is 0.625. The number of anilines is 1. The molecule has 1 aromatic heterocycles. The first kappa shape index (κ1) is 15.1. The van der Waals surface area contributed by atoms with Crippen molar-refractivity contribution in [2.24, 2.45) is 11.3 Å². The summed E-state index contributed by atoms with van der Waals surface area (Å²) in [5.41, 5.74) is 0.848. The van der Waals surface area contributed by atoms with Crippen LogP contribution in [0.5, 0.6) is 0 Å². The molecule has 0 aliphatic heterocycles. The minimum atomic E-state index is 0.397. The van der Waals surface area contributed by atoms with Gasteiger partial charge in [-0.25, -0.2) is 9.97 Å². The number of terminal acetylenes is 1. The Bertz CT molecular complexity index is 505. The second kappa shape index (κ2) is 6.01. The van der Waals surface area contributed by atoms with Gasteiger partial charge in [-0.1, -0.05) is 32.4 Å². The van der Waals surface area contributed by atoms with Gasteiger partial charge in [0, 0.05) is 6.04 Å². The van der Waals surface area contributed by atoms with Gasteiger partial charge < -0.3 is 5.32 Å². The first-order valence-electron chi connectivity index (χ1n) is 7.15. The van der Waals surface area contributed by atoms with Crippen LogP contribution < -0.4 is 5.32 Å². The van der Waals surface area contributed by atoms with Gasteiger partial charge in [0.15, 0.2) is 0 Å². The lowest BCUT2D eigenvalue weighted by atomic mass is 9.71. The second-order valence-corrected chi connectivity index (χ2v) is 6.97. The highest BCUT2D eigenvalue weighted by atomic mass is 35.5. The minimum absolute atomic E-state index is 0.397. The molecule has 0 radical (unpaired) electrons. The average Bonchev–Trinajstić information content (AvgIpc) is 2.41. The van der Waals surface area contributed by atoms with E-state index in [0.29, 0.717) is 28.0 Å². The molecule has 1 heterocycles. The molecule has 0 spiro atoms. The van der Waals surface area contributed by atoms with Gasteiger partial charge in [0.05, 0.1) is 0 Å². The van der Waals surface area contributed by atoms with E-state index in [-0.39, 0.29) is 0 Å². The molecule has 1 aliphatic rings. The number of aromatic nitrogens is 2. The number of rotatable bonds is 2. The molecule has 3 nitrogen and oxygen atoms in total. The van der Waals surface area contributed by atoms with Crippen LogP contribution in [0.25, 0.3) is 0 Å². The summed E-state index contributed by atoms with van der Waals surface area (Å²) in [6.45, 7) is 6.98. The van der Waals surface area contributed by atoms with E-state index in [2.05, 4.69) is 42.0 Å². The summed E-state index contributed by atoms with van der Waals surface area (Å²) in [4.78, 5) is 8.17. The topological polar surface area (TPSA) is 37.8 Å². The molecule has 0 bridgehead atoms. The Balaban J connectivity index is 1.99. The molecule has 4 heteroatoms. The fourth-order valence-corrected chi connectivity index (χ4v) is 3.07. The molecule has 20 heavy (non-hydrogen) atoms. The van der Waals surface area contributed by atoms with E-state index in [0.717, 1.165) is 18.8 Å². The Morgan fingerprint density at radius 1 is 1.25 bits per heavy atom. The van der Waals surface area contributed by atoms with Crippen molar-refractivity contribution >= 4 is 17.4 Å². The van der Waals surface area contributed by atoms with Crippen molar-refractivity contribution in [3.63, 3.8) is 0 Å². The van der Waals surface area contributed by atoms with Crippen LogP contribution in [-0.2, 0) is 0 Å². The number of hydrogen-bond acceptors (Lipinski definition) is 3. The van der Waals surface area contributed by atoms with Crippen LogP contribution in [0.3, 0.4) is 0 Å². The van der Waals surface area contributed by atoms with Gasteiger partial charge in [-0.2, -0.15) is 0 Å². The van der Waals surface area contributed by atoms with Gasteiger partial charge in [-0.3, -0.25) is 0 Å². The molecule has 0 atom stereocenters. The van der Waals surface area contributed by atoms with Crippen LogP contribution in [0.1, 0.15) is 52.1 Å². The van der Waals surface area contributed by atoms with E-state index in [1.165, 1.54) is 19.2 Å². The van der Waals surface area contributed by atoms with E-state index in [4.69, 9.17) is 18.0 Å². The molecule has 1 saturated carbocycles. The maximum atomic E-state index is 6.20. The third-order valence-electron chi connectivity index (χ3n) is 4.22. The van der Waals surface area contributed by atoms with Gasteiger partial charge in [-0.05, 0) is 42.9 Å². The van der Waals surface area contributed by atoms with E-state index in [1.807, 2.05) is 0 Å². The van der Waals surface area contributed by atoms with Crippen LogP contribution in [0.4, 0.5) is 5.82 Å². The second-order valence-electron chi connectivity index (χ2n) is 6.59. The Morgan fingerprint density at radius 2 is 1.90 bits per heavy atom. The SMILES string of the molecule is C#Cc1ncnc(NC2CCC(C(C)(C)C)CC2)c1Cl. The number of nitrogens with one attached hydrogen (secondary N) is 1. The molecule has 1 fully saturated rings. The molecule has 0 saturated heterocycles. The normalized spacial score (nSPS) is 23.1. The smallest absolute Gasteiger partial charge is 0.149 e. The van der Waals surface area contributed by atoms with Crippen molar-refractivity contribution in [3.8, 4) is 12.3 Å².